The first-order chi connectivity index (χ1) is 9.74. The SMILES string of the molecule is CS(=O)(=O)c1ccc(NN)c(S(=O)(=O)Nc2ncc[nH]2)c1. The molecular weight excluding hydrogens is 318 g/mol. The summed E-state index contributed by atoms with van der Waals surface area (Å²) in [6.07, 6.45) is 3.79. The Morgan fingerprint density at radius 1 is 1.24 bits per heavy atom. The maximum absolute atomic E-state index is 12.3. The summed E-state index contributed by atoms with van der Waals surface area (Å²) >= 11 is 0. The third-order valence-electron chi connectivity index (χ3n) is 2.56. The van der Waals surface area contributed by atoms with Crippen molar-refractivity contribution in [1.82, 2.24) is 9.97 Å². The molecule has 0 saturated carbocycles. The second kappa shape index (κ2) is 5.35. The molecule has 9 nitrogen and oxygen atoms in total. The van der Waals surface area contributed by atoms with E-state index in [-0.39, 0.29) is 21.4 Å². The van der Waals surface area contributed by atoms with E-state index in [0.717, 1.165) is 12.3 Å². The molecule has 0 unspecified atom stereocenters. The van der Waals surface area contributed by atoms with Gasteiger partial charge in [-0.2, -0.15) is 0 Å². The highest BCUT2D eigenvalue weighted by Gasteiger charge is 2.22. The highest BCUT2D eigenvalue weighted by Crippen LogP contribution is 2.25. The zero-order valence-corrected chi connectivity index (χ0v) is 12.5. The largest absolute Gasteiger partial charge is 0.330 e. The molecule has 11 heteroatoms. The van der Waals surface area contributed by atoms with Gasteiger partial charge in [0.2, 0.25) is 5.95 Å². The van der Waals surface area contributed by atoms with Crippen LogP contribution in [0.15, 0.2) is 40.4 Å². The number of rotatable bonds is 5. The summed E-state index contributed by atoms with van der Waals surface area (Å²) in [5.41, 5.74) is 2.27. The molecule has 0 saturated heterocycles. The lowest BCUT2D eigenvalue weighted by Crippen LogP contribution is -2.18. The molecule has 0 amide bonds. The number of anilines is 2. The number of sulfonamides is 1. The van der Waals surface area contributed by atoms with E-state index in [1.54, 1.807) is 0 Å². The van der Waals surface area contributed by atoms with Gasteiger partial charge in [-0.1, -0.05) is 0 Å². The van der Waals surface area contributed by atoms with Crippen molar-refractivity contribution >= 4 is 31.5 Å². The average molecular weight is 331 g/mol. The van der Waals surface area contributed by atoms with E-state index in [2.05, 4.69) is 20.1 Å². The second-order valence-electron chi connectivity index (χ2n) is 4.12. The standard InChI is InChI=1S/C10H13N5O4S2/c1-20(16,17)7-2-3-8(14-11)9(6-7)21(18,19)15-10-12-4-5-13-10/h2-6,14H,11H2,1H3,(H2,12,13,15). The van der Waals surface area contributed by atoms with Crippen molar-refractivity contribution in [3.63, 3.8) is 0 Å². The number of nitrogens with two attached hydrogens (primary N) is 1. The fourth-order valence-corrected chi connectivity index (χ4v) is 3.47. The minimum absolute atomic E-state index is 0.00253. The Bertz CT molecular complexity index is 844. The number of hydrogen-bond donors (Lipinski definition) is 4. The van der Waals surface area contributed by atoms with Crippen molar-refractivity contribution in [2.75, 3.05) is 16.4 Å². The quantitative estimate of drug-likeness (QED) is 0.442. The van der Waals surface area contributed by atoms with Crippen LogP contribution in [0.3, 0.4) is 0 Å². The van der Waals surface area contributed by atoms with Crippen LogP contribution in [0.4, 0.5) is 11.6 Å². The Morgan fingerprint density at radius 3 is 2.48 bits per heavy atom. The predicted octanol–water partition coefficient (Wildman–Crippen LogP) is -0.100. The van der Waals surface area contributed by atoms with E-state index in [9.17, 15) is 16.8 Å². The van der Waals surface area contributed by atoms with Gasteiger partial charge in [0.05, 0.1) is 10.6 Å². The van der Waals surface area contributed by atoms with Gasteiger partial charge in [0.15, 0.2) is 9.84 Å². The van der Waals surface area contributed by atoms with Gasteiger partial charge in [0, 0.05) is 18.6 Å². The molecule has 1 aromatic carbocycles. The highest BCUT2D eigenvalue weighted by atomic mass is 32.2. The number of aromatic nitrogens is 2. The molecule has 0 atom stereocenters. The molecular formula is C10H13N5O4S2. The van der Waals surface area contributed by atoms with Crippen molar-refractivity contribution in [3.8, 4) is 0 Å². The highest BCUT2D eigenvalue weighted by molar-refractivity contribution is 7.93. The first kappa shape index (κ1) is 15.3. The van der Waals surface area contributed by atoms with Crippen LogP contribution in [0.1, 0.15) is 0 Å². The van der Waals surface area contributed by atoms with Crippen LogP contribution in [0.25, 0.3) is 0 Å². The number of sulfone groups is 1. The maximum Gasteiger partial charge on any atom is 0.266 e. The van der Waals surface area contributed by atoms with E-state index in [4.69, 9.17) is 5.84 Å². The molecule has 0 aliphatic carbocycles. The molecule has 2 rings (SSSR count). The van der Waals surface area contributed by atoms with Gasteiger partial charge in [-0.05, 0) is 18.2 Å². The Kier molecular flexibility index (Phi) is 3.89. The number of imidazole rings is 1. The molecule has 114 valence electrons. The number of nitrogens with zero attached hydrogens (tertiary/aromatic N) is 1. The Labute approximate surface area is 121 Å². The molecule has 21 heavy (non-hydrogen) atoms. The molecule has 0 radical (unpaired) electrons. The summed E-state index contributed by atoms with van der Waals surface area (Å²) in [5, 5.41) is 0. The first-order valence-corrected chi connectivity index (χ1v) is 8.94. The van der Waals surface area contributed by atoms with Crippen LogP contribution in [-0.4, -0.2) is 33.1 Å². The number of benzene rings is 1. The molecule has 0 spiro atoms. The minimum atomic E-state index is -4.06. The van der Waals surface area contributed by atoms with Crippen LogP contribution in [-0.2, 0) is 19.9 Å². The molecule has 0 bridgehead atoms. The van der Waals surface area contributed by atoms with Crippen molar-refractivity contribution in [2.45, 2.75) is 9.79 Å². The number of nitrogen functional groups attached to an aromatic ring is 1. The molecule has 5 N–H and O–H groups in total. The van der Waals surface area contributed by atoms with E-state index < -0.39 is 19.9 Å². The summed E-state index contributed by atoms with van der Waals surface area (Å²) in [6, 6.07) is 3.55. The van der Waals surface area contributed by atoms with Gasteiger partial charge >= 0.3 is 0 Å². The summed E-state index contributed by atoms with van der Waals surface area (Å²) in [4.78, 5) is 5.87. The summed E-state index contributed by atoms with van der Waals surface area (Å²) in [6.45, 7) is 0. The Morgan fingerprint density at radius 2 is 1.95 bits per heavy atom. The molecule has 0 aliphatic rings. The summed E-state index contributed by atoms with van der Waals surface area (Å²) < 4.78 is 49.9. The van der Waals surface area contributed by atoms with Crippen molar-refractivity contribution in [2.24, 2.45) is 5.84 Å². The molecule has 0 aliphatic heterocycles. The van der Waals surface area contributed by atoms with Crippen LogP contribution in [0.5, 0.6) is 0 Å². The van der Waals surface area contributed by atoms with Crippen LogP contribution >= 0.6 is 0 Å². The number of aromatic amines is 1. The van der Waals surface area contributed by atoms with Gasteiger partial charge in [-0.3, -0.25) is 5.84 Å². The van der Waals surface area contributed by atoms with E-state index in [1.165, 1.54) is 24.5 Å². The zero-order chi connectivity index (χ0) is 15.7. The monoisotopic (exact) mass is 331 g/mol. The van der Waals surface area contributed by atoms with Gasteiger partial charge in [0.25, 0.3) is 10.0 Å². The zero-order valence-electron chi connectivity index (χ0n) is 10.9. The van der Waals surface area contributed by atoms with Crippen molar-refractivity contribution in [1.29, 1.82) is 0 Å². The Balaban J connectivity index is 2.55. The summed E-state index contributed by atoms with van der Waals surface area (Å²) in [7, 11) is -7.62. The van der Waals surface area contributed by atoms with E-state index >= 15 is 0 Å². The normalized spacial score (nSPS) is 12.1. The third-order valence-corrected chi connectivity index (χ3v) is 5.04. The lowest BCUT2D eigenvalue weighted by Gasteiger charge is -2.11. The molecule has 1 aromatic heterocycles. The van der Waals surface area contributed by atoms with E-state index in [1.807, 2.05) is 0 Å². The topological polar surface area (TPSA) is 147 Å². The van der Waals surface area contributed by atoms with Crippen LogP contribution in [0.2, 0.25) is 0 Å². The lowest BCUT2D eigenvalue weighted by atomic mass is 10.3. The summed E-state index contributed by atoms with van der Waals surface area (Å²) in [5.74, 6) is 5.27. The van der Waals surface area contributed by atoms with E-state index in [0.29, 0.717) is 0 Å². The van der Waals surface area contributed by atoms with Gasteiger partial charge in [-0.15, -0.1) is 0 Å². The van der Waals surface area contributed by atoms with Crippen molar-refractivity contribution < 1.29 is 16.8 Å². The second-order valence-corrected chi connectivity index (χ2v) is 7.78. The van der Waals surface area contributed by atoms with Crippen LogP contribution in [0, 0.1) is 0 Å². The van der Waals surface area contributed by atoms with Crippen LogP contribution < -0.4 is 16.0 Å². The molecule has 1 heterocycles. The Hall–Kier alpha value is -2.11. The van der Waals surface area contributed by atoms with Gasteiger partial charge in [-0.25, -0.2) is 26.5 Å². The maximum atomic E-state index is 12.3. The lowest BCUT2D eigenvalue weighted by molar-refractivity contribution is 0.599. The number of hydrazine groups is 1. The minimum Gasteiger partial charge on any atom is -0.330 e. The van der Waals surface area contributed by atoms with Gasteiger partial charge < -0.3 is 10.4 Å². The smallest absolute Gasteiger partial charge is 0.266 e. The fourth-order valence-electron chi connectivity index (χ4n) is 1.58. The number of hydrogen-bond acceptors (Lipinski definition) is 7. The molecule has 0 fully saturated rings. The number of H-pyrrole nitrogens is 1. The average Bonchev–Trinajstić information content (AvgIpc) is 2.89. The predicted molar refractivity (Wildman–Crippen MR) is 76.8 cm³/mol. The fraction of sp³-hybridized carbons (Fsp3) is 0.100. The third kappa shape index (κ3) is 3.32. The van der Waals surface area contributed by atoms with Gasteiger partial charge in [0.1, 0.15) is 4.90 Å². The number of nitrogens with one attached hydrogen (secondary N) is 3. The van der Waals surface area contributed by atoms with Crippen molar-refractivity contribution in [3.05, 3.63) is 30.6 Å². The first-order valence-electron chi connectivity index (χ1n) is 5.57. The molecule has 2 aromatic rings.